The molecule has 0 saturated carbocycles. The molecule has 1 aliphatic carbocycles. The van der Waals surface area contributed by atoms with Gasteiger partial charge in [-0.15, -0.1) is 0 Å². The first-order valence-corrected chi connectivity index (χ1v) is 9.67. The highest BCUT2D eigenvalue weighted by Gasteiger charge is 2.37. The van der Waals surface area contributed by atoms with E-state index in [-0.39, 0.29) is 0 Å². The largest absolute Gasteiger partial charge is 0.489 e. The quantitative estimate of drug-likeness (QED) is 0.573. The van der Waals surface area contributed by atoms with Crippen LogP contribution in [0.25, 0.3) is 0 Å². The zero-order chi connectivity index (χ0) is 18.1. The maximum atomic E-state index is 5.94. The average Bonchev–Trinajstić information content (AvgIpc) is 3.23. The van der Waals surface area contributed by atoms with E-state index in [4.69, 9.17) is 4.74 Å². The molecule has 0 amide bonds. The molecule has 0 bridgehead atoms. The van der Waals surface area contributed by atoms with Crippen LogP contribution in [0.2, 0.25) is 0 Å². The van der Waals surface area contributed by atoms with E-state index in [1.54, 1.807) is 0 Å². The number of hydrogen-bond acceptors (Lipinski definition) is 2. The van der Waals surface area contributed by atoms with Crippen molar-refractivity contribution in [1.82, 2.24) is 0 Å². The van der Waals surface area contributed by atoms with E-state index < -0.39 is 0 Å². The minimum absolute atomic E-state index is 0.336. The summed E-state index contributed by atoms with van der Waals surface area (Å²) in [6, 6.07) is 27.9. The number of para-hydroxylation sites is 1. The van der Waals surface area contributed by atoms with Crippen molar-refractivity contribution in [2.75, 3.05) is 5.32 Å². The molecule has 1 heterocycles. The second-order valence-corrected chi connectivity index (χ2v) is 7.41. The van der Waals surface area contributed by atoms with Crippen molar-refractivity contribution in [2.45, 2.75) is 25.0 Å². The highest BCUT2D eigenvalue weighted by atomic mass is 16.5. The SMILES string of the molecule is C1=CC2c3ccccc3NC(c3ccc(OCc4ccccc4)cc3)C2C1. The maximum Gasteiger partial charge on any atom is 0.119 e. The molecular formula is C25H23NO. The Hall–Kier alpha value is -3.00. The molecular weight excluding hydrogens is 330 g/mol. The van der Waals surface area contributed by atoms with Crippen LogP contribution in [0.5, 0.6) is 5.75 Å². The van der Waals surface area contributed by atoms with Gasteiger partial charge in [0.15, 0.2) is 0 Å². The van der Waals surface area contributed by atoms with E-state index >= 15 is 0 Å². The molecule has 5 rings (SSSR count). The van der Waals surface area contributed by atoms with Crippen LogP contribution in [0, 0.1) is 5.92 Å². The van der Waals surface area contributed by atoms with E-state index in [0.29, 0.717) is 24.5 Å². The Morgan fingerprint density at radius 2 is 1.63 bits per heavy atom. The predicted molar refractivity (Wildman–Crippen MR) is 110 cm³/mol. The first kappa shape index (κ1) is 16.2. The highest BCUT2D eigenvalue weighted by molar-refractivity contribution is 5.59. The molecule has 0 aromatic heterocycles. The lowest BCUT2D eigenvalue weighted by molar-refractivity contribution is 0.306. The fourth-order valence-corrected chi connectivity index (χ4v) is 4.39. The van der Waals surface area contributed by atoms with Crippen LogP contribution in [-0.2, 0) is 6.61 Å². The topological polar surface area (TPSA) is 21.3 Å². The Kier molecular flexibility index (Phi) is 4.17. The van der Waals surface area contributed by atoms with Gasteiger partial charge in [-0.25, -0.2) is 0 Å². The Labute approximate surface area is 160 Å². The summed E-state index contributed by atoms with van der Waals surface area (Å²) in [7, 11) is 0. The highest BCUT2D eigenvalue weighted by Crippen LogP contribution is 2.49. The van der Waals surface area contributed by atoms with Crippen LogP contribution < -0.4 is 10.1 Å². The van der Waals surface area contributed by atoms with Gasteiger partial charge in [0, 0.05) is 11.6 Å². The fourth-order valence-electron chi connectivity index (χ4n) is 4.39. The van der Waals surface area contributed by atoms with E-state index in [0.717, 1.165) is 12.2 Å². The molecule has 1 N–H and O–H groups in total. The lowest BCUT2D eigenvalue weighted by Gasteiger charge is -2.37. The minimum Gasteiger partial charge on any atom is -0.489 e. The first-order chi connectivity index (χ1) is 13.4. The molecule has 0 fully saturated rings. The minimum atomic E-state index is 0.336. The van der Waals surface area contributed by atoms with E-state index in [1.165, 1.54) is 22.4 Å². The monoisotopic (exact) mass is 353 g/mol. The predicted octanol–water partition coefficient (Wildman–Crippen LogP) is 6.09. The van der Waals surface area contributed by atoms with Gasteiger partial charge in [0.25, 0.3) is 0 Å². The normalized spacial score (nSPS) is 22.6. The number of anilines is 1. The van der Waals surface area contributed by atoms with Gasteiger partial charge in [-0.05, 0) is 47.2 Å². The first-order valence-electron chi connectivity index (χ1n) is 9.67. The van der Waals surface area contributed by atoms with Crippen LogP contribution in [0.15, 0.2) is 91.0 Å². The molecule has 2 aliphatic rings. The van der Waals surface area contributed by atoms with E-state index in [9.17, 15) is 0 Å². The molecule has 3 aromatic rings. The standard InChI is InChI=1S/C25H23NO/c1-2-7-18(8-3-1)17-27-20-15-13-19(14-16-20)25-23-11-6-10-21(23)22-9-4-5-12-24(22)26-25/h1-10,12-16,21,23,25-26H,11,17H2. The van der Waals surface area contributed by atoms with Crippen molar-refractivity contribution in [3.8, 4) is 5.75 Å². The summed E-state index contributed by atoms with van der Waals surface area (Å²) >= 11 is 0. The third kappa shape index (κ3) is 3.12. The number of benzene rings is 3. The molecule has 0 radical (unpaired) electrons. The summed E-state index contributed by atoms with van der Waals surface area (Å²) in [5.41, 5.74) is 5.21. The Balaban J connectivity index is 1.34. The third-order valence-corrected chi connectivity index (χ3v) is 5.76. The number of allylic oxidation sites excluding steroid dienone is 2. The number of hydrogen-bond donors (Lipinski definition) is 1. The molecule has 1 aliphatic heterocycles. The molecule has 27 heavy (non-hydrogen) atoms. The molecule has 0 spiro atoms. The Morgan fingerprint density at radius 1 is 0.852 bits per heavy atom. The van der Waals surface area contributed by atoms with Crippen molar-refractivity contribution in [2.24, 2.45) is 5.92 Å². The zero-order valence-corrected chi connectivity index (χ0v) is 15.2. The van der Waals surface area contributed by atoms with Gasteiger partial charge in [0.1, 0.15) is 12.4 Å². The number of rotatable bonds is 4. The lowest BCUT2D eigenvalue weighted by atomic mass is 9.77. The zero-order valence-electron chi connectivity index (χ0n) is 15.2. The molecule has 134 valence electrons. The molecule has 3 atom stereocenters. The van der Waals surface area contributed by atoms with Crippen LogP contribution in [0.4, 0.5) is 5.69 Å². The van der Waals surface area contributed by atoms with Gasteiger partial charge in [0.05, 0.1) is 6.04 Å². The average molecular weight is 353 g/mol. The van der Waals surface area contributed by atoms with Crippen LogP contribution >= 0.6 is 0 Å². The molecule has 3 aromatic carbocycles. The van der Waals surface area contributed by atoms with Gasteiger partial charge in [-0.2, -0.15) is 0 Å². The van der Waals surface area contributed by atoms with Gasteiger partial charge >= 0.3 is 0 Å². The van der Waals surface area contributed by atoms with Crippen molar-refractivity contribution in [1.29, 1.82) is 0 Å². The summed E-state index contributed by atoms with van der Waals surface area (Å²) in [5.74, 6) is 2.01. The van der Waals surface area contributed by atoms with Crippen LogP contribution in [0.3, 0.4) is 0 Å². The molecule has 3 unspecified atom stereocenters. The number of ether oxygens (including phenoxy) is 1. The van der Waals surface area contributed by atoms with Crippen molar-refractivity contribution in [3.05, 3.63) is 108 Å². The molecule has 2 heteroatoms. The maximum absolute atomic E-state index is 5.94. The summed E-state index contributed by atoms with van der Waals surface area (Å²) in [4.78, 5) is 0. The van der Waals surface area contributed by atoms with Gasteiger partial charge in [0.2, 0.25) is 0 Å². The van der Waals surface area contributed by atoms with Crippen LogP contribution in [-0.4, -0.2) is 0 Å². The van der Waals surface area contributed by atoms with E-state index in [2.05, 4.69) is 78.1 Å². The smallest absolute Gasteiger partial charge is 0.119 e. The van der Waals surface area contributed by atoms with E-state index in [1.807, 2.05) is 18.2 Å². The van der Waals surface area contributed by atoms with Crippen LogP contribution in [0.1, 0.15) is 35.1 Å². The van der Waals surface area contributed by atoms with Gasteiger partial charge < -0.3 is 10.1 Å². The second-order valence-electron chi connectivity index (χ2n) is 7.41. The Morgan fingerprint density at radius 3 is 2.48 bits per heavy atom. The van der Waals surface area contributed by atoms with Crippen molar-refractivity contribution in [3.63, 3.8) is 0 Å². The second kappa shape index (κ2) is 6.96. The summed E-state index contributed by atoms with van der Waals surface area (Å²) in [5, 5.41) is 3.78. The number of nitrogens with one attached hydrogen (secondary N) is 1. The lowest BCUT2D eigenvalue weighted by Crippen LogP contribution is -2.28. The van der Waals surface area contributed by atoms with Gasteiger partial charge in [-0.1, -0.05) is 72.8 Å². The van der Waals surface area contributed by atoms with Crippen molar-refractivity contribution < 1.29 is 4.74 Å². The van der Waals surface area contributed by atoms with Crippen molar-refractivity contribution >= 4 is 5.69 Å². The Bertz CT molecular complexity index is 946. The summed E-state index contributed by atoms with van der Waals surface area (Å²) in [6.45, 7) is 0.601. The molecule has 0 saturated heterocycles. The molecule has 2 nitrogen and oxygen atoms in total. The van der Waals surface area contributed by atoms with Gasteiger partial charge in [-0.3, -0.25) is 0 Å². The summed E-state index contributed by atoms with van der Waals surface area (Å²) < 4.78 is 5.94. The number of fused-ring (bicyclic) bond motifs is 3. The fraction of sp³-hybridized carbons (Fsp3) is 0.200. The third-order valence-electron chi connectivity index (χ3n) is 5.76. The summed E-state index contributed by atoms with van der Waals surface area (Å²) in [6.07, 6.45) is 5.85.